The van der Waals surface area contributed by atoms with E-state index >= 15 is 0 Å². The van der Waals surface area contributed by atoms with Gasteiger partial charge in [0.05, 0.1) is 17.0 Å². The SMILES string of the molecule is CC(C(=O)NCc1ccccc1CN1CCCCC1)c1nn(C)c(=O)c2ccccc12. The number of carbonyl (C=O) groups excluding carboxylic acids is 1. The molecule has 2 aromatic carbocycles. The zero-order chi connectivity index (χ0) is 21.8. The molecule has 1 aromatic heterocycles. The van der Waals surface area contributed by atoms with E-state index < -0.39 is 5.92 Å². The van der Waals surface area contributed by atoms with Gasteiger partial charge in [-0.2, -0.15) is 5.10 Å². The minimum atomic E-state index is -0.467. The molecule has 0 radical (unpaired) electrons. The molecule has 1 unspecified atom stereocenters. The van der Waals surface area contributed by atoms with E-state index in [1.54, 1.807) is 13.1 Å². The summed E-state index contributed by atoms with van der Waals surface area (Å²) in [4.78, 5) is 27.9. The van der Waals surface area contributed by atoms with Crippen molar-refractivity contribution in [3.8, 4) is 0 Å². The number of nitrogens with one attached hydrogen (secondary N) is 1. The highest BCUT2D eigenvalue weighted by Crippen LogP contribution is 2.22. The van der Waals surface area contributed by atoms with Crippen LogP contribution < -0.4 is 10.9 Å². The Bertz CT molecular complexity index is 1130. The van der Waals surface area contributed by atoms with E-state index in [0.717, 1.165) is 30.6 Å². The highest BCUT2D eigenvalue weighted by Gasteiger charge is 2.21. The average Bonchev–Trinajstić information content (AvgIpc) is 2.81. The third-order valence-corrected chi connectivity index (χ3v) is 6.20. The molecule has 2 heterocycles. The van der Waals surface area contributed by atoms with Crippen molar-refractivity contribution in [3.05, 3.63) is 75.7 Å². The summed E-state index contributed by atoms with van der Waals surface area (Å²) < 4.78 is 1.31. The maximum absolute atomic E-state index is 13.0. The monoisotopic (exact) mass is 418 g/mol. The van der Waals surface area contributed by atoms with Crippen molar-refractivity contribution in [2.75, 3.05) is 13.1 Å². The molecule has 1 N–H and O–H groups in total. The number of benzene rings is 2. The molecule has 0 spiro atoms. The number of amides is 1. The molecule has 0 aliphatic carbocycles. The summed E-state index contributed by atoms with van der Waals surface area (Å²) >= 11 is 0. The van der Waals surface area contributed by atoms with Crippen LogP contribution in [-0.2, 0) is 24.9 Å². The van der Waals surface area contributed by atoms with E-state index in [2.05, 4.69) is 33.5 Å². The van der Waals surface area contributed by atoms with Crippen molar-refractivity contribution in [2.24, 2.45) is 7.05 Å². The highest BCUT2D eigenvalue weighted by molar-refractivity contribution is 5.91. The summed E-state index contributed by atoms with van der Waals surface area (Å²) in [6.45, 7) is 5.53. The van der Waals surface area contributed by atoms with Gasteiger partial charge in [-0.3, -0.25) is 14.5 Å². The Hall–Kier alpha value is -2.99. The molecule has 1 fully saturated rings. The average molecular weight is 419 g/mol. The van der Waals surface area contributed by atoms with Crippen LogP contribution in [0.25, 0.3) is 10.8 Å². The van der Waals surface area contributed by atoms with Crippen LogP contribution in [0.4, 0.5) is 0 Å². The smallest absolute Gasteiger partial charge is 0.274 e. The number of likely N-dealkylation sites (tertiary alicyclic amines) is 1. The van der Waals surface area contributed by atoms with E-state index in [-0.39, 0.29) is 11.5 Å². The van der Waals surface area contributed by atoms with Crippen LogP contribution in [0.5, 0.6) is 0 Å². The number of hydrogen-bond donors (Lipinski definition) is 1. The minimum absolute atomic E-state index is 0.0934. The fourth-order valence-corrected chi connectivity index (χ4v) is 4.35. The van der Waals surface area contributed by atoms with Crippen molar-refractivity contribution in [1.29, 1.82) is 0 Å². The van der Waals surface area contributed by atoms with E-state index in [1.807, 2.05) is 31.2 Å². The normalized spacial score (nSPS) is 15.7. The number of rotatable bonds is 6. The summed E-state index contributed by atoms with van der Waals surface area (Å²) in [5, 5.41) is 8.82. The van der Waals surface area contributed by atoms with Crippen LogP contribution in [-0.4, -0.2) is 33.7 Å². The number of aryl methyl sites for hydroxylation is 1. The number of nitrogens with zero attached hydrogens (tertiary/aromatic N) is 3. The van der Waals surface area contributed by atoms with Crippen LogP contribution in [0, 0.1) is 0 Å². The van der Waals surface area contributed by atoms with Gasteiger partial charge in [0.15, 0.2) is 0 Å². The Kier molecular flexibility index (Phi) is 6.47. The van der Waals surface area contributed by atoms with Crippen molar-refractivity contribution in [2.45, 2.75) is 45.2 Å². The highest BCUT2D eigenvalue weighted by atomic mass is 16.2. The van der Waals surface area contributed by atoms with E-state index in [0.29, 0.717) is 17.6 Å². The van der Waals surface area contributed by atoms with Crippen LogP contribution in [0.3, 0.4) is 0 Å². The summed E-state index contributed by atoms with van der Waals surface area (Å²) in [5.74, 6) is -0.560. The van der Waals surface area contributed by atoms with Crippen molar-refractivity contribution in [1.82, 2.24) is 20.0 Å². The second-order valence-electron chi connectivity index (χ2n) is 8.40. The van der Waals surface area contributed by atoms with Gasteiger partial charge in [0, 0.05) is 25.5 Å². The maximum atomic E-state index is 13.0. The number of fused-ring (bicyclic) bond motifs is 1. The Morgan fingerprint density at radius 2 is 1.65 bits per heavy atom. The molecule has 3 aromatic rings. The molecule has 1 atom stereocenters. The fraction of sp³-hybridized carbons (Fsp3) is 0.400. The number of hydrogen-bond acceptors (Lipinski definition) is 4. The Balaban J connectivity index is 1.49. The van der Waals surface area contributed by atoms with Gasteiger partial charge in [0.25, 0.3) is 5.56 Å². The predicted octanol–water partition coefficient (Wildman–Crippen LogP) is 3.34. The molecular weight excluding hydrogens is 388 g/mol. The van der Waals surface area contributed by atoms with Crippen molar-refractivity contribution < 1.29 is 4.79 Å². The van der Waals surface area contributed by atoms with Crippen LogP contribution >= 0.6 is 0 Å². The van der Waals surface area contributed by atoms with Gasteiger partial charge < -0.3 is 5.32 Å². The summed E-state index contributed by atoms with van der Waals surface area (Å²) in [6.07, 6.45) is 3.84. The lowest BCUT2D eigenvalue weighted by Gasteiger charge is -2.27. The summed E-state index contributed by atoms with van der Waals surface area (Å²) in [6, 6.07) is 15.7. The van der Waals surface area contributed by atoms with Crippen LogP contribution in [0.1, 0.15) is 48.9 Å². The lowest BCUT2D eigenvalue weighted by atomic mass is 10.00. The second kappa shape index (κ2) is 9.43. The third kappa shape index (κ3) is 4.69. The molecule has 6 heteroatoms. The molecule has 0 bridgehead atoms. The molecule has 0 saturated carbocycles. The third-order valence-electron chi connectivity index (χ3n) is 6.20. The van der Waals surface area contributed by atoms with Gasteiger partial charge in [-0.05, 0) is 50.0 Å². The van der Waals surface area contributed by atoms with E-state index in [9.17, 15) is 9.59 Å². The Labute approximate surface area is 182 Å². The van der Waals surface area contributed by atoms with Crippen molar-refractivity contribution in [3.63, 3.8) is 0 Å². The van der Waals surface area contributed by atoms with Gasteiger partial charge in [-0.1, -0.05) is 48.9 Å². The lowest BCUT2D eigenvalue weighted by Crippen LogP contribution is -2.32. The van der Waals surface area contributed by atoms with Gasteiger partial charge in [0.1, 0.15) is 0 Å². The first-order valence-corrected chi connectivity index (χ1v) is 11.1. The topological polar surface area (TPSA) is 67.2 Å². The fourth-order valence-electron chi connectivity index (χ4n) is 4.35. The number of piperidine rings is 1. The maximum Gasteiger partial charge on any atom is 0.274 e. The van der Waals surface area contributed by atoms with Gasteiger partial charge >= 0.3 is 0 Å². The molecule has 31 heavy (non-hydrogen) atoms. The summed E-state index contributed by atoms with van der Waals surface area (Å²) in [7, 11) is 1.62. The van der Waals surface area contributed by atoms with E-state index in [4.69, 9.17) is 0 Å². The molecule has 162 valence electrons. The Morgan fingerprint density at radius 1 is 1.00 bits per heavy atom. The minimum Gasteiger partial charge on any atom is -0.351 e. The molecule has 1 aliphatic rings. The molecule has 6 nitrogen and oxygen atoms in total. The van der Waals surface area contributed by atoms with Gasteiger partial charge in [-0.25, -0.2) is 4.68 Å². The van der Waals surface area contributed by atoms with E-state index in [1.165, 1.54) is 29.5 Å². The molecule has 1 saturated heterocycles. The van der Waals surface area contributed by atoms with Crippen LogP contribution in [0.2, 0.25) is 0 Å². The molecule has 1 amide bonds. The van der Waals surface area contributed by atoms with Crippen LogP contribution in [0.15, 0.2) is 53.3 Å². The number of aromatic nitrogens is 2. The lowest BCUT2D eigenvalue weighted by molar-refractivity contribution is -0.122. The molecular formula is C25H30N4O2. The summed E-state index contributed by atoms with van der Waals surface area (Å²) in [5.41, 5.74) is 2.88. The standard InChI is InChI=1S/C25H30N4O2/c1-18(23-21-12-6-7-13-22(21)25(31)28(2)27-23)24(30)26-16-19-10-4-5-11-20(19)17-29-14-8-3-9-15-29/h4-7,10-13,18H,3,8-9,14-17H2,1-2H3,(H,26,30). The van der Waals surface area contributed by atoms with Gasteiger partial charge in [-0.15, -0.1) is 0 Å². The first-order valence-electron chi connectivity index (χ1n) is 11.1. The molecule has 1 aliphatic heterocycles. The predicted molar refractivity (Wildman–Crippen MR) is 123 cm³/mol. The quantitative estimate of drug-likeness (QED) is 0.667. The van der Waals surface area contributed by atoms with Gasteiger partial charge in [0.2, 0.25) is 5.91 Å². The largest absolute Gasteiger partial charge is 0.351 e. The van der Waals surface area contributed by atoms with Crippen molar-refractivity contribution >= 4 is 16.7 Å². The first kappa shape index (κ1) is 21.2. The second-order valence-corrected chi connectivity index (χ2v) is 8.40. The number of carbonyl (C=O) groups is 1. The first-order chi connectivity index (χ1) is 15.0. The Morgan fingerprint density at radius 3 is 2.39 bits per heavy atom. The molecule has 4 rings (SSSR count). The zero-order valence-electron chi connectivity index (χ0n) is 18.3. The zero-order valence-corrected chi connectivity index (χ0v) is 18.3.